The fourth-order valence-electron chi connectivity index (χ4n) is 2.56. The third kappa shape index (κ3) is 6.61. The zero-order valence-electron chi connectivity index (χ0n) is 15.5. The largest absolute Gasteiger partial charge is 0.494 e. The van der Waals surface area contributed by atoms with E-state index < -0.39 is 6.09 Å². The van der Waals surface area contributed by atoms with E-state index in [1.165, 1.54) is 11.8 Å². The molecule has 5 nitrogen and oxygen atoms in total. The van der Waals surface area contributed by atoms with Gasteiger partial charge in [-0.3, -0.25) is 10.2 Å². The van der Waals surface area contributed by atoms with Crippen molar-refractivity contribution in [2.45, 2.75) is 12.8 Å². The topological polar surface area (TPSA) is 59.9 Å². The zero-order valence-corrected chi connectivity index (χ0v) is 15.5. The van der Waals surface area contributed by atoms with E-state index in [4.69, 9.17) is 9.57 Å². The van der Waals surface area contributed by atoms with Crippen LogP contribution < -0.4 is 10.1 Å². The first-order valence-electron chi connectivity index (χ1n) is 9.13. The Hall–Kier alpha value is -3.60. The van der Waals surface area contributed by atoms with Gasteiger partial charge in [-0.25, -0.2) is 4.79 Å². The second-order valence-corrected chi connectivity index (χ2v) is 6.11. The number of hydrogen-bond donors (Lipinski definition) is 1. The van der Waals surface area contributed by atoms with Gasteiger partial charge in [0.05, 0.1) is 12.8 Å². The van der Waals surface area contributed by atoms with Crippen LogP contribution in [0.15, 0.2) is 90.1 Å². The molecule has 0 saturated heterocycles. The number of amides is 1. The lowest BCUT2D eigenvalue weighted by atomic mass is 10.1. The van der Waals surface area contributed by atoms with Crippen LogP contribution in [0.3, 0.4) is 0 Å². The van der Waals surface area contributed by atoms with Crippen molar-refractivity contribution in [3.05, 3.63) is 96.1 Å². The number of rotatable bonds is 8. The number of hydrogen-bond acceptors (Lipinski definition) is 4. The predicted octanol–water partition coefficient (Wildman–Crippen LogP) is 5.28. The third-order valence-electron chi connectivity index (χ3n) is 3.96. The normalized spacial score (nSPS) is 10.6. The highest BCUT2D eigenvalue weighted by Gasteiger charge is 2.03. The number of nitrogens with zero attached hydrogens (tertiary/aromatic N) is 1. The summed E-state index contributed by atoms with van der Waals surface area (Å²) in [7, 11) is 0. The second kappa shape index (κ2) is 10.5. The lowest BCUT2D eigenvalue weighted by Gasteiger charge is -2.08. The van der Waals surface area contributed by atoms with Gasteiger partial charge in [0.2, 0.25) is 0 Å². The molecular weight excluding hydrogens is 352 g/mol. The lowest BCUT2D eigenvalue weighted by molar-refractivity contribution is 0.167. The number of carbonyl (C=O) groups excluding carboxylic acids is 1. The van der Waals surface area contributed by atoms with Gasteiger partial charge in [-0.2, -0.15) is 0 Å². The first kappa shape index (κ1) is 19.2. The lowest BCUT2D eigenvalue weighted by Crippen LogP contribution is -2.10. The highest BCUT2D eigenvalue weighted by atomic mass is 16.7. The predicted molar refractivity (Wildman–Crippen MR) is 111 cm³/mol. The van der Waals surface area contributed by atoms with Crippen LogP contribution >= 0.6 is 0 Å². The molecule has 0 aliphatic carbocycles. The molecule has 142 valence electrons. The van der Waals surface area contributed by atoms with Gasteiger partial charge in [-0.15, -0.1) is 0 Å². The fourth-order valence-corrected chi connectivity index (χ4v) is 2.56. The standard InChI is InChI=1S/C23H22N2O3/c26-23(28-24-18-20-10-5-2-6-11-20)25-21-13-15-22(16-14-21)27-17-7-12-19-8-3-1-4-9-19/h1-6,8-11,13-16,18H,7,12,17H2,(H,25,26)/b24-18+. The maximum absolute atomic E-state index is 11.8. The van der Waals surface area contributed by atoms with Crippen molar-refractivity contribution in [1.29, 1.82) is 0 Å². The Labute approximate surface area is 164 Å². The summed E-state index contributed by atoms with van der Waals surface area (Å²) in [4.78, 5) is 16.5. The molecule has 0 spiro atoms. The van der Waals surface area contributed by atoms with E-state index in [-0.39, 0.29) is 0 Å². The first-order chi connectivity index (χ1) is 13.8. The van der Waals surface area contributed by atoms with Gasteiger partial charge in [0.25, 0.3) is 0 Å². The van der Waals surface area contributed by atoms with E-state index in [1.807, 2.05) is 60.7 Å². The molecule has 0 heterocycles. The van der Waals surface area contributed by atoms with Crippen LogP contribution in [0, 0.1) is 0 Å². The van der Waals surface area contributed by atoms with Crippen molar-refractivity contribution >= 4 is 18.0 Å². The summed E-state index contributed by atoms with van der Waals surface area (Å²) in [6, 6.07) is 26.9. The van der Waals surface area contributed by atoms with Crippen LogP contribution in [0.25, 0.3) is 0 Å². The first-order valence-corrected chi connectivity index (χ1v) is 9.13. The average molecular weight is 374 g/mol. The number of nitrogens with one attached hydrogen (secondary N) is 1. The average Bonchev–Trinajstić information content (AvgIpc) is 2.74. The Morgan fingerprint density at radius 1 is 0.893 bits per heavy atom. The van der Waals surface area contributed by atoms with E-state index in [0.717, 1.165) is 24.2 Å². The summed E-state index contributed by atoms with van der Waals surface area (Å²) < 4.78 is 5.73. The van der Waals surface area contributed by atoms with Crippen LogP contribution in [0.1, 0.15) is 17.5 Å². The van der Waals surface area contributed by atoms with E-state index in [9.17, 15) is 4.79 Å². The molecule has 0 saturated carbocycles. The Kier molecular flexibility index (Phi) is 7.21. The van der Waals surface area contributed by atoms with Crippen LogP contribution in [-0.2, 0) is 11.3 Å². The maximum atomic E-state index is 11.8. The highest BCUT2D eigenvalue weighted by molar-refractivity contribution is 5.85. The molecule has 3 aromatic carbocycles. The van der Waals surface area contributed by atoms with Crippen molar-refractivity contribution in [2.24, 2.45) is 5.16 Å². The molecule has 0 radical (unpaired) electrons. The van der Waals surface area contributed by atoms with Crippen LogP contribution in [0.2, 0.25) is 0 Å². The van der Waals surface area contributed by atoms with Crippen molar-refractivity contribution in [3.8, 4) is 5.75 Å². The van der Waals surface area contributed by atoms with Gasteiger partial charge in [-0.05, 0) is 48.2 Å². The van der Waals surface area contributed by atoms with Gasteiger partial charge in [0, 0.05) is 5.69 Å². The van der Waals surface area contributed by atoms with Gasteiger partial charge in [0.15, 0.2) is 0 Å². The quantitative estimate of drug-likeness (QED) is 0.252. The molecule has 3 aromatic rings. The Morgan fingerprint density at radius 3 is 2.29 bits per heavy atom. The number of carbonyl (C=O) groups is 1. The molecular formula is C23H22N2O3. The maximum Gasteiger partial charge on any atom is 0.437 e. The molecule has 3 rings (SSSR count). The number of ether oxygens (including phenoxy) is 1. The monoisotopic (exact) mass is 374 g/mol. The van der Waals surface area contributed by atoms with Gasteiger partial charge < -0.3 is 4.74 Å². The Balaban J connectivity index is 1.37. The molecule has 5 heteroatoms. The van der Waals surface area contributed by atoms with Crippen LogP contribution in [-0.4, -0.2) is 18.9 Å². The Bertz CT molecular complexity index is 879. The number of anilines is 1. The Morgan fingerprint density at radius 2 is 1.57 bits per heavy atom. The molecule has 1 N–H and O–H groups in total. The summed E-state index contributed by atoms with van der Waals surface area (Å²) >= 11 is 0. The molecule has 28 heavy (non-hydrogen) atoms. The summed E-state index contributed by atoms with van der Waals surface area (Å²) in [5, 5.41) is 6.28. The molecule has 0 fully saturated rings. The number of aryl methyl sites for hydroxylation is 1. The third-order valence-corrected chi connectivity index (χ3v) is 3.96. The van der Waals surface area contributed by atoms with Crippen molar-refractivity contribution in [3.63, 3.8) is 0 Å². The van der Waals surface area contributed by atoms with Crippen LogP contribution in [0.4, 0.5) is 10.5 Å². The minimum absolute atomic E-state index is 0.608. The SMILES string of the molecule is O=C(Nc1ccc(OCCCc2ccccc2)cc1)O/N=C/c1ccccc1. The molecule has 0 atom stereocenters. The molecule has 0 unspecified atom stereocenters. The summed E-state index contributed by atoms with van der Waals surface area (Å²) in [5.74, 6) is 0.758. The molecule has 1 amide bonds. The van der Waals surface area contributed by atoms with E-state index in [0.29, 0.717) is 12.3 Å². The molecule has 0 aromatic heterocycles. The van der Waals surface area contributed by atoms with E-state index >= 15 is 0 Å². The second-order valence-electron chi connectivity index (χ2n) is 6.11. The molecule has 0 aliphatic heterocycles. The fraction of sp³-hybridized carbons (Fsp3) is 0.130. The highest BCUT2D eigenvalue weighted by Crippen LogP contribution is 2.16. The van der Waals surface area contributed by atoms with Gasteiger partial charge in [-0.1, -0.05) is 65.8 Å². The molecule has 0 aliphatic rings. The van der Waals surface area contributed by atoms with Crippen LogP contribution in [0.5, 0.6) is 5.75 Å². The minimum atomic E-state index is -0.649. The summed E-state index contributed by atoms with van der Waals surface area (Å²) in [6.07, 6.45) is 2.75. The van der Waals surface area contributed by atoms with Crippen molar-refractivity contribution in [1.82, 2.24) is 0 Å². The summed E-state index contributed by atoms with van der Waals surface area (Å²) in [5.41, 5.74) is 2.76. The van der Waals surface area contributed by atoms with Gasteiger partial charge in [0.1, 0.15) is 5.75 Å². The van der Waals surface area contributed by atoms with E-state index in [1.54, 1.807) is 12.1 Å². The van der Waals surface area contributed by atoms with E-state index in [2.05, 4.69) is 22.6 Å². The van der Waals surface area contributed by atoms with Gasteiger partial charge >= 0.3 is 6.09 Å². The van der Waals surface area contributed by atoms with Crippen molar-refractivity contribution in [2.75, 3.05) is 11.9 Å². The minimum Gasteiger partial charge on any atom is -0.494 e. The summed E-state index contributed by atoms with van der Waals surface area (Å²) in [6.45, 7) is 0.637. The zero-order chi connectivity index (χ0) is 19.4. The number of benzene rings is 3. The number of oxime groups is 1. The molecule has 0 bridgehead atoms. The van der Waals surface area contributed by atoms with Crippen molar-refractivity contribution < 1.29 is 14.4 Å². The smallest absolute Gasteiger partial charge is 0.437 e.